The number of anilines is 2. The number of rotatable bonds is 7. The number of aromatic nitrogens is 3. The predicted octanol–water partition coefficient (Wildman–Crippen LogP) is 4.33. The first-order valence-corrected chi connectivity index (χ1v) is 12.1. The molecule has 3 heterocycles. The van der Waals surface area contributed by atoms with E-state index < -0.39 is 5.82 Å². The quantitative estimate of drug-likeness (QED) is 0.359. The summed E-state index contributed by atoms with van der Waals surface area (Å²) in [4.78, 5) is 21.7. The number of amides is 1. The van der Waals surface area contributed by atoms with E-state index in [1.807, 2.05) is 29.5 Å². The summed E-state index contributed by atoms with van der Waals surface area (Å²) in [6.45, 7) is 4.64. The number of piperidine rings is 1. The molecule has 1 aliphatic rings. The van der Waals surface area contributed by atoms with Gasteiger partial charge in [-0.1, -0.05) is 0 Å². The monoisotopic (exact) mass is 488 g/mol. The maximum Gasteiger partial charge on any atom is 0.251 e. The van der Waals surface area contributed by atoms with Crippen LogP contribution in [0, 0.1) is 18.7 Å². The van der Waals surface area contributed by atoms with E-state index in [9.17, 15) is 9.18 Å². The van der Waals surface area contributed by atoms with Gasteiger partial charge in [-0.2, -0.15) is 0 Å². The van der Waals surface area contributed by atoms with Crippen molar-refractivity contribution in [1.29, 1.82) is 0 Å². The molecule has 1 aliphatic heterocycles. The van der Waals surface area contributed by atoms with E-state index in [0.29, 0.717) is 35.1 Å². The van der Waals surface area contributed by atoms with E-state index in [0.717, 1.165) is 42.9 Å². The molecule has 4 aromatic rings. The molecule has 8 nitrogen and oxygen atoms in total. The zero-order chi connectivity index (χ0) is 25.1. The van der Waals surface area contributed by atoms with Crippen molar-refractivity contribution in [1.82, 2.24) is 25.0 Å². The molecule has 0 atom stereocenters. The van der Waals surface area contributed by atoms with Gasteiger partial charge in [-0.3, -0.25) is 9.20 Å². The Morgan fingerprint density at radius 1 is 1.19 bits per heavy atom. The Balaban J connectivity index is 1.33. The summed E-state index contributed by atoms with van der Waals surface area (Å²) in [5.41, 5.74) is 4.33. The minimum atomic E-state index is -0.437. The Labute approximate surface area is 208 Å². The zero-order valence-electron chi connectivity index (χ0n) is 20.3. The molecule has 1 saturated heterocycles. The number of carbonyl (C=O) groups excluding carboxylic acids is 1. The Morgan fingerprint density at radius 2 is 2.03 bits per heavy atom. The highest BCUT2D eigenvalue weighted by Gasteiger charge is 2.17. The van der Waals surface area contributed by atoms with Crippen molar-refractivity contribution >= 4 is 23.1 Å². The average molecular weight is 489 g/mol. The molecule has 5 rings (SSSR count). The number of imidazole rings is 1. The summed E-state index contributed by atoms with van der Waals surface area (Å²) in [6.07, 6.45) is 7.31. The molecule has 0 radical (unpaired) electrons. The van der Waals surface area contributed by atoms with Gasteiger partial charge in [-0.25, -0.2) is 14.4 Å². The molecule has 0 unspecified atom stereocenters. The van der Waals surface area contributed by atoms with Crippen molar-refractivity contribution in [3.8, 4) is 17.0 Å². The Bertz CT molecular complexity index is 1400. The fraction of sp³-hybridized carbons (Fsp3) is 0.296. The van der Waals surface area contributed by atoms with Gasteiger partial charge in [0.1, 0.15) is 0 Å². The van der Waals surface area contributed by atoms with Crippen LogP contribution in [0.15, 0.2) is 55.0 Å². The second-order valence-electron chi connectivity index (χ2n) is 9.02. The summed E-state index contributed by atoms with van der Waals surface area (Å²) in [5, 5.41) is 9.74. The van der Waals surface area contributed by atoms with Gasteiger partial charge in [-0.15, -0.1) is 0 Å². The normalized spacial score (nSPS) is 14.1. The number of methoxy groups -OCH3 is 1. The number of carbonyl (C=O) groups is 1. The highest BCUT2D eigenvalue weighted by atomic mass is 19.1. The van der Waals surface area contributed by atoms with Crippen molar-refractivity contribution < 1.29 is 13.9 Å². The fourth-order valence-corrected chi connectivity index (χ4v) is 4.60. The fourth-order valence-electron chi connectivity index (χ4n) is 4.60. The number of aryl methyl sites for hydroxylation is 1. The van der Waals surface area contributed by atoms with Crippen LogP contribution in [0.4, 0.5) is 15.9 Å². The molecule has 3 N–H and O–H groups in total. The van der Waals surface area contributed by atoms with Crippen molar-refractivity contribution in [2.75, 3.05) is 32.1 Å². The van der Waals surface area contributed by atoms with Gasteiger partial charge in [0.2, 0.25) is 0 Å². The minimum Gasteiger partial charge on any atom is -0.494 e. The summed E-state index contributed by atoms with van der Waals surface area (Å²) < 4.78 is 21.1. The third kappa shape index (κ3) is 4.87. The van der Waals surface area contributed by atoms with Crippen LogP contribution in [0.3, 0.4) is 0 Å². The predicted molar refractivity (Wildman–Crippen MR) is 137 cm³/mol. The third-order valence-corrected chi connectivity index (χ3v) is 6.62. The molecule has 2 aromatic carbocycles. The molecule has 0 saturated carbocycles. The molecule has 186 valence electrons. The lowest BCUT2D eigenvalue weighted by atomic mass is 9.98. The van der Waals surface area contributed by atoms with Crippen LogP contribution in [0.5, 0.6) is 5.75 Å². The largest absolute Gasteiger partial charge is 0.494 e. The number of benzene rings is 2. The topological polar surface area (TPSA) is 92.6 Å². The second kappa shape index (κ2) is 10.3. The van der Waals surface area contributed by atoms with Gasteiger partial charge < -0.3 is 20.7 Å². The first-order chi connectivity index (χ1) is 17.5. The van der Waals surface area contributed by atoms with Gasteiger partial charge in [0.05, 0.1) is 19.0 Å². The van der Waals surface area contributed by atoms with Gasteiger partial charge in [0.15, 0.2) is 23.0 Å². The van der Waals surface area contributed by atoms with Gasteiger partial charge in [0.25, 0.3) is 5.91 Å². The number of hydrogen-bond donors (Lipinski definition) is 3. The van der Waals surface area contributed by atoms with E-state index in [4.69, 9.17) is 4.74 Å². The average Bonchev–Trinajstić information content (AvgIpc) is 3.33. The summed E-state index contributed by atoms with van der Waals surface area (Å²) >= 11 is 0. The molecule has 0 aliphatic carbocycles. The lowest BCUT2D eigenvalue weighted by molar-refractivity contribution is 0.0943. The molecular formula is C27H29FN6O2. The molecular weight excluding hydrogens is 459 g/mol. The number of halogens is 1. The molecule has 9 heteroatoms. The Kier molecular flexibility index (Phi) is 6.81. The van der Waals surface area contributed by atoms with E-state index in [-0.39, 0.29) is 11.7 Å². The molecule has 1 amide bonds. The molecule has 1 fully saturated rings. The van der Waals surface area contributed by atoms with Gasteiger partial charge >= 0.3 is 0 Å². The first kappa shape index (κ1) is 23.7. The van der Waals surface area contributed by atoms with Crippen molar-refractivity contribution in [3.05, 3.63) is 71.9 Å². The van der Waals surface area contributed by atoms with Crippen molar-refractivity contribution in [3.63, 3.8) is 0 Å². The van der Waals surface area contributed by atoms with E-state index in [1.165, 1.54) is 13.2 Å². The standard InChI is InChI=1S/C27H29FN6O2/c1-17-13-20(4-5-21(17)27(35)32-15-18-7-9-29-10-8-18)33-25-26-31-16-23(34(26)12-11-30-25)19-3-6-24(36-2)22(28)14-19/h3-6,11-14,16,18,29H,7-10,15H2,1-2H3,(H,30,33)(H,32,35). The van der Waals surface area contributed by atoms with E-state index in [1.54, 1.807) is 30.7 Å². The Hall–Kier alpha value is -3.98. The number of fused-ring (bicyclic) bond motifs is 1. The highest BCUT2D eigenvalue weighted by Crippen LogP contribution is 2.28. The molecule has 36 heavy (non-hydrogen) atoms. The number of hydrogen-bond acceptors (Lipinski definition) is 6. The van der Waals surface area contributed by atoms with Crippen molar-refractivity contribution in [2.45, 2.75) is 19.8 Å². The number of nitrogens with zero attached hydrogens (tertiary/aromatic N) is 3. The highest BCUT2D eigenvalue weighted by molar-refractivity contribution is 5.96. The van der Waals surface area contributed by atoms with Crippen LogP contribution in [-0.2, 0) is 0 Å². The maximum atomic E-state index is 14.3. The molecule has 0 spiro atoms. The van der Waals surface area contributed by atoms with Crippen LogP contribution >= 0.6 is 0 Å². The van der Waals surface area contributed by atoms with E-state index >= 15 is 0 Å². The first-order valence-electron chi connectivity index (χ1n) is 12.1. The van der Waals surface area contributed by atoms with E-state index in [2.05, 4.69) is 25.9 Å². The lowest BCUT2D eigenvalue weighted by Crippen LogP contribution is -2.36. The molecule has 2 aromatic heterocycles. The van der Waals surface area contributed by atoms with Crippen LogP contribution in [0.25, 0.3) is 16.9 Å². The zero-order valence-corrected chi connectivity index (χ0v) is 20.3. The summed E-state index contributed by atoms with van der Waals surface area (Å²) in [6, 6.07) is 10.4. The smallest absolute Gasteiger partial charge is 0.251 e. The Morgan fingerprint density at radius 3 is 2.78 bits per heavy atom. The van der Waals surface area contributed by atoms with Crippen LogP contribution in [0.2, 0.25) is 0 Å². The maximum absolute atomic E-state index is 14.3. The van der Waals surface area contributed by atoms with Crippen LogP contribution in [0.1, 0.15) is 28.8 Å². The van der Waals surface area contributed by atoms with Gasteiger partial charge in [-0.05, 0) is 80.7 Å². The van der Waals surface area contributed by atoms with Crippen molar-refractivity contribution in [2.24, 2.45) is 5.92 Å². The summed E-state index contributed by atoms with van der Waals surface area (Å²) in [7, 11) is 1.44. The second-order valence-corrected chi connectivity index (χ2v) is 9.02. The summed E-state index contributed by atoms with van der Waals surface area (Å²) in [5.74, 6) is 0.780. The van der Waals surface area contributed by atoms with Crippen LogP contribution < -0.4 is 20.7 Å². The minimum absolute atomic E-state index is 0.0533. The third-order valence-electron chi connectivity index (χ3n) is 6.62. The number of nitrogens with one attached hydrogen (secondary N) is 3. The SMILES string of the molecule is COc1ccc(-c2cnc3c(Nc4ccc(C(=O)NCC5CCNCC5)c(C)c4)nccn23)cc1F. The lowest BCUT2D eigenvalue weighted by Gasteiger charge is -2.23. The van der Waals surface area contributed by atoms with Gasteiger partial charge in [0, 0.05) is 35.8 Å². The molecule has 0 bridgehead atoms. The van der Waals surface area contributed by atoms with Crippen LogP contribution in [-0.4, -0.2) is 47.0 Å². The number of ether oxygens (including phenoxy) is 1.